The number of hydrogen-bond donors (Lipinski definition) is 0. The van der Waals surface area contributed by atoms with Crippen LogP contribution in [0.2, 0.25) is 0 Å². The average Bonchev–Trinajstić information content (AvgIpc) is 3.41. The Balaban J connectivity index is 4.36. The van der Waals surface area contributed by atoms with Gasteiger partial charge < -0.3 is 14.2 Å². The van der Waals surface area contributed by atoms with E-state index in [-0.39, 0.29) is 31.1 Å². The second kappa shape index (κ2) is 63.9. The molecule has 0 heterocycles. The fourth-order valence-electron chi connectivity index (χ4n) is 9.78. The number of unbranched alkanes of at least 4 members (excludes halogenated alkanes) is 43. The third-order valence-corrected chi connectivity index (χ3v) is 14.8. The van der Waals surface area contributed by atoms with E-state index >= 15 is 0 Å². The summed E-state index contributed by atoms with van der Waals surface area (Å²) in [6.45, 7) is 6.66. The molecule has 0 radical (unpaired) electrons. The highest BCUT2D eigenvalue weighted by Gasteiger charge is 2.19. The maximum absolute atomic E-state index is 12.9. The third kappa shape index (κ3) is 62.1. The zero-order chi connectivity index (χ0) is 54.3. The number of esters is 3. The molecule has 1 unspecified atom stereocenters. The minimum atomic E-state index is -0.779. The molecule has 0 saturated heterocycles. The number of carbonyl (C=O) groups excluding carboxylic acids is 3. The molecule has 0 aliphatic heterocycles. The topological polar surface area (TPSA) is 78.9 Å². The molecule has 0 bridgehead atoms. The van der Waals surface area contributed by atoms with Crippen LogP contribution < -0.4 is 0 Å². The van der Waals surface area contributed by atoms with Gasteiger partial charge in [-0.15, -0.1) is 0 Å². The summed E-state index contributed by atoms with van der Waals surface area (Å²) in [7, 11) is 0. The number of carbonyl (C=O) groups is 3. The van der Waals surface area contributed by atoms with Crippen molar-refractivity contribution >= 4 is 17.9 Å². The molecule has 0 fully saturated rings. The van der Waals surface area contributed by atoms with Gasteiger partial charge in [0.2, 0.25) is 0 Å². The zero-order valence-electron chi connectivity index (χ0n) is 50.3. The first-order chi connectivity index (χ1) is 37.0. The second-order valence-electron chi connectivity index (χ2n) is 22.4. The average molecular weight is 1050 g/mol. The van der Waals surface area contributed by atoms with E-state index in [0.717, 1.165) is 57.8 Å². The van der Waals surface area contributed by atoms with Crippen LogP contribution in [0.5, 0.6) is 0 Å². The van der Waals surface area contributed by atoms with Crippen LogP contribution in [0.3, 0.4) is 0 Å². The first-order valence-electron chi connectivity index (χ1n) is 33.2. The molecule has 0 rings (SSSR count). The first-order valence-corrected chi connectivity index (χ1v) is 33.2. The van der Waals surface area contributed by atoms with Gasteiger partial charge in [0, 0.05) is 19.3 Å². The lowest BCUT2D eigenvalue weighted by molar-refractivity contribution is -0.167. The fraction of sp³-hybridized carbons (Fsp3) is 0.841. The highest BCUT2D eigenvalue weighted by atomic mass is 16.6. The van der Waals surface area contributed by atoms with Crippen LogP contribution in [0.15, 0.2) is 48.6 Å². The van der Waals surface area contributed by atoms with E-state index in [1.807, 2.05) is 0 Å². The molecule has 1 atom stereocenters. The van der Waals surface area contributed by atoms with E-state index < -0.39 is 6.10 Å². The number of allylic oxidation sites excluding steroid dienone is 8. The summed E-state index contributed by atoms with van der Waals surface area (Å²) in [6, 6.07) is 0. The van der Waals surface area contributed by atoms with Crippen molar-refractivity contribution in [3.05, 3.63) is 48.6 Å². The smallest absolute Gasteiger partial charge is 0.306 e. The predicted octanol–water partition coefficient (Wildman–Crippen LogP) is 22.6. The molecule has 0 N–H and O–H groups in total. The molecular weight excluding hydrogens is 925 g/mol. The lowest BCUT2D eigenvalue weighted by atomic mass is 10.1. The first kappa shape index (κ1) is 72.4. The summed E-state index contributed by atoms with van der Waals surface area (Å²) < 4.78 is 17.0. The molecule has 0 amide bonds. The maximum atomic E-state index is 12.9. The van der Waals surface area contributed by atoms with Crippen molar-refractivity contribution in [1.29, 1.82) is 0 Å². The van der Waals surface area contributed by atoms with Crippen molar-refractivity contribution < 1.29 is 28.6 Å². The Morgan fingerprint density at radius 2 is 0.480 bits per heavy atom. The number of hydrogen-bond acceptors (Lipinski definition) is 6. The Morgan fingerprint density at radius 1 is 0.267 bits per heavy atom. The third-order valence-electron chi connectivity index (χ3n) is 14.8. The van der Waals surface area contributed by atoms with Crippen LogP contribution >= 0.6 is 0 Å². The highest BCUT2D eigenvalue weighted by molar-refractivity contribution is 5.71. The van der Waals surface area contributed by atoms with Crippen LogP contribution in [-0.2, 0) is 28.6 Å². The Kier molecular flexibility index (Phi) is 61.7. The predicted molar refractivity (Wildman–Crippen MR) is 325 cm³/mol. The van der Waals surface area contributed by atoms with E-state index in [4.69, 9.17) is 14.2 Å². The molecule has 0 aliphatic rings. The molecule has 0 aliphatic carbocycles. The summed E-state index contributed by atoms with van der Waals surface area (Å²) >= 11 is 0. The van der Waals surface area contributed by atoms with Gasteiger partial charge in [-0.2, -0.15) is 0 Å². The van der Waals surface area contributed by atoms with Crippen LogP contribution in [0, 0.1) is 0 Å². The summed E-state index contributed by atoms with van der Waals surface area (Å²) in [5, 5.41) is 0. The monoisotopic (exact) mass is 1050 g/mol. The van der Waals surface area contributed by atoms with Crippen molar-refractivity contribution in [2.45, 2.75) is 361 Å². The molecule has 0 aromatic carbocycles. The van der Waals surface area contributed by atoms with Gasteiger partial charge in [-0.05, 0) is 96.3 Å². The molecule has 0 spiro atoms. The minimum Gasteiger partial charge on any atom is -0.462 e. The molecule has 0 saturated carbocycles. The van der Waals surface area contributed by atoms with E-state index in [1.165, 1.54) is 257 Å². The van der Waals surface area contributed by atoms with E-state index in [2.05, 4.69) is 69.4 Å². The van der Waals surface area contributed by atoms with Crippen molar-refractivity contribution in [2.24, 2.45) is 0 Å². The highest BCUT2D eigenvalue weighted by Crippen LogP contribution is 2.17. The van der Waals surface area contributed by atoms with E-state index in [0.29, 0.717) is 19.3 Å². The van der Waals surface area contributed by atoms with Gasteiger partial charge >= 0.3 is 17.9 Å². The van der Waals surface area contributed by atoms with Gasteiger partial charge in [0.05, 0.1) is 0 Å². The van der Waals surface area contributed by atoms with Gasteiger partial charge in [-0.25, -0.2) is 0 Å². The minimum absolute atomic E-state index is 0.0757. The van der Waals surface area contributed by atoms with Crippen molar-refractivity contribution in [3.63, 3.8) is 0 Å². The SMILES string of the molecule is CCCCC/C=C\C=C/CCCCCCCCCCCCC(=O)OCC(COC(=O)CCCCCCCCC/C=C\CCCCCCCCCC)OC(=O)CCCCCCCCC/C=C\CCCCCCCCCC. The normalized spacial score (nSPS) is 12.3. The maximum Gasteiger partial charge on any atom is 0.306 e. The van der Waals surface area contributed by atoms with Crippen LogP contribution in [0.4, 0.5) is 0 Å². The molecule has 75 heavy (non-hydrogen) atoms. The van der Waals surface area contributed by atoms with Gasteiger partial charge in [0.1, 0.15) is 13.2 Å². The molecule has 0 aromatic rings. The summed E-state index contributed by atoms with van der Waals surface area (Å²) in [4.78, 5) is 38.4. The van der Waals surface area contributed by atoms with Crippen molar-refractivity contribution in [2.75, 3.05) is 13.2 Å². The Labute approximate surface area is 467 Å². The number of rotatable bonds is 61. The molecule has 438 valence electrons. The van der Waals surface area contributed by atoms with Gasteiger partial charge in [-0.3, -0.25) is 14.4 Å². The van der Waals surface area contributed by atoms with Crippen LogP contribution in [0.25, 0.3) is 0 Å². The Morgan fingerprint density at radius 3 is 0.773 bits per heavy atom. The molecule has 0 aromatic heterocycles. The number of ether oxygens (including phenoxy) is 3. The largest absolute Gasteiger partial charge is 0.462 e. The molecular formula is C69H126O6. The second-order valence-corrected chi connectivity index (χ2v) is 22.4. The van der Waals surface area contributed by atoms with E-state index in [1.54, 1.807) is 0 Å². The van der Waals surface area contributed by atoms with Gasteiger partial charge in [-0.1, -0.05) is 288 Å². The van der Waals surface area contributed by atoms with Crippen LogP contribution in [-0.4, -0.2) is 37.2 Å². The Bertz CT molecular complexity index is 1300. The molecule has 6 heteroatoms. The quantitative estimate of drug-likeness (QED) is 0.0199. The lowest BCUT2D eigenvalue weighted by Crippen LogP contribution is -2.30. The summed E-state index contributed by atoms with van der Waals surface area (Å²) in [6.07, 6.45) is 79.7. The fourth-order valence-corrected chi connectivity index (χ4v) is 9.78. The molecule has 6 nitrogen and oxygen atoms in total. The van der Waals surface area contributed by atoms with Crippen molar-refractivity contribution in [3.8, 4) is 0 Å². The van der Waals surface area contributed by atoms with E-state index in [9.17, 15) is 14.4 Å². The standard InChI is InChI=1S/C69H126O6/c1-4-7-10-13-16-19-22-25-28-31-34-37-40-43-46-49-52-55-58-61-67(70)73-64-66(75-69(72)63-60-57-54-51-48-45-42-39-36-33-30-27-24-21-18-15-12-9-6-3)65-74-68(71)62-59-56-53-50-47-44-41-38-35-32-29-26-23-20-17-14-11-8-5-2/h16,19,22,25,32-33,35-36,66H,4-15,17-18,20-21,23-24,26-31,34,37-65H2,1-3H3/b19-16-,25-22-,35-32-,36-33-. The Hall–Kier alpha value is -2.63. The van der Waals surface area contributed by atoms with Crippen LogP contribution in [0.1, 0.15) is 355 Å². The zero-order valence-corrected chi connectivity index (χ0v) is 50.3. The lowest BCUT2D eigenvalue weighted by Gasteiger charge is -2.18. The summed E-state index contributed by atoms with van der Waals surface area (Å²) in [5.74, 6) is -0.866. The van der Waals surface area contributed by atoms with Crippen molar-refractivity contribution in [1.82, 2.24) is 0 Å². The van der Waals surface area contributed by atoms with Gasteiger partial charge in [0.25, 0.3) is 0 Å². The van der Waals surface area contributed by atoms with Gasteiger partial charge in [0.15, 0.2) is 6.10 Å². The summed E-state index contributed by atoms with van der Waals surface area (Å²) in [5.41, 5.74) is 0.